The monoisotopic (exact) mass is 253 g/mol. The number of methoxy groups -OCH3 is 2. The van der Waals surface area contributed by atoms with E-state index in [1.54, 1.807) is 20.3 Å². The van der Waals surface area contributed by atoms with E-state index in [4.69, 9.17) is 14.6 Å². The summed E-state index contributed by atoms with van der Waals surface area (Å²) in [6.45, 7) is 2.25. The van der Waals surface area contributed by atoms with Crippen molar-refractivity contribution in [3.63, 3.8) is 0 Å². The topological polar surface area (TPSA) is 67.8 Å². The van der Waals surface area contributed by atoms with Crippen LogP contribution in [0.4, 0.5) is 0 Å². The number of carboxylic acid groups (broad SMARTS) is 1. The molecule has 1 rings (SSSR count). The summed E-state index contributed by atoms with van der Waals surface area (Å²) in [5.41, 5.74) is 0.872. The van der Waals surface area contributed by atoms with Crippen molar-refractivity contribution in [2.45, 2.75) is 25.9 Å². The van der Waals surface area contributed by atoms with E-state index in [2.05, 4.69) is 5.32 Å². The van der Waals surface area contributed by atoms with Gasteiger partial charge in [-0.3, -0.25) is 4.79 Å². The fourth-order valence-corrected chi connectivity index (χ4v) is 1.73. The summed E-state index contributed by atoms with van der Waals surface area (Å²) in [4.78, 5) is 10.9. The van der Waals surface area contributed by atoms with E-state index >= 15 is 0 Å². The van der Waals surface area contributed by atoms with Gasteiger partial charge in [0.05, 0.1) is 14.2 Å². The molecule has 5 nitrogen and oxygen atoms in total. The van der Waals surface area contributed by atoms with Crippen LogP contribution in [-0.2, 0) is 11.3 Å². The van der Waals surface area contributed by atoms with Crippen molar-refractivity contribution in [1.29, 1.82) is 0 Å². The molecule has 0 radical (unpaired) electrons. The van der Waals surface area contributed by atoms with E-state index in [-0.39, 0.29) is 0 Å². The van der Waals surface area contributed by atoms with Crippen LogP contribution in [0.3, 0.4) is 0 Å². The summed E-state index contributed by atoms with van der Waals surface area (Å²) in [6, 6.07) is 4.97. The van der Waals surface area contributed by atoms with Crippen LogP contribution in [0.25, 0.3) is 0 Å². The molecular weight excluding hydrogens is 234 g/mol. The Kier molecular flexibility index (Phi) is 5.45. The van der Waals surface area contributed by atoms with Gasteiger partial charge in [-0.25, -0.2) is 0 Å². The lowest BCUT2D eigenvalue weighted by atomic mass is 10.1. The fourth-order valence-electron chi connectivity index (χ4n) is 1.73. The molecule has 0 fully saturated rings. The maximum atomic E-state index is 10.9. The zero-order valence-corrected chi connectivity index (χ0v) is 10.9. The predicted molar refractivity (Wildman–Crippen MR) is 68.1 cm³/mol. The molecule has 5 heteroatoms. The molecule has 0 heterocycles. The normalized spacial score (nSPS) is 11.9. The predicted octanol–water partition coefficient (Wildman–Crippen LogP) is 1.66. The molecule has 0 aliphatic heterocycles. The lowest BCUT2D eigenvalue weighted by Gasteiger charge is -2.15. The number of ether oxygens (including phenoxy) is 2. The zero-order valence-electron chi connectivity index (χ0n) is 10.9. The van der Waals surface area contributed by atoms with Gasteiger partial charge in [0.25, 0.3) is 0 Å². The van der Waals surface area contributed by atoms with Gasteiger partial charge in [0, 0.05) is 12.1 Å². The Balaban J connectivity index is 2.81. The van der Waals surface area contributed by atoms with Gasteiger partial charge in [0.2, 0.25) is 0 Å². The maximum Gasteiger partial charge on any atom is 0.320 e. The van der Waals surface area contributed by atoms with Crippen LogP contribution in [0.2, 0.25) is 0 Å². The lowest BCUT2D eigenvalue weighted by Crippen LogP contribution is -2.35. The highest BCUT2D eigenvalue weighted by Crippen LogP contribution is 2.30. The Morgan fingerprint density at radius 3 is 2.61 bits per heavy atom. The number of hydrogen-bond donors (Lipinski definition) is 2. The highest BCUT2D eigenvalue weighted by molar-refractivity contribution is 5.73. The summed E-state index contributed by atoms with van der Waals surface area (Å²) < 4.78 is 10.5. The SMILES string of the molecule is CCC(NCc1cccc(OC)c1OC)C(=O)O. The fraction of sp³-hybridized carbons (Fsp3) is 0.462. The summed E-state index contributed by atoms with van der Waals surface area (Å²) in [5.74, 6) is 0.423. The smallest absolute Gasteiger partial charge is 0.320 e. The number of hydrogen-bond acceptors (Lipinski definition) is 4. The number of nitrogens with one attached hydrogen (secondary N) is 1. The first-order valence-corrected chi connectivity index (χ1v) is 5.80. The molecule has 0 bridgehead atoms. The molecule has 18 heavy (non-hydrogen) atoms. The summed E-state index contributed by atoms with van der Waals surface area (Å²) in [6.07, 6.45) is 0.529. The van der Waals surface area contributed by atoms with Crippen molar-refractivity contribution in [3.8, 4) is 11.5 Å². The Morgan fingerprint density at radius 1 is 1.39 bits per heavy atom. The van der Waals surface area contributed by atoms with Gasteiger partial charge < -0.3 is 19.9 Å². The Bertz CT molecular complexity index is 406. The van der Waals surface area contributed by atoms with Gasteiger partial charge in [-0.15, -0.1) is 0 Å². The molecule has 1 aromatic carbocycles. The summed E-state index contributed by atoms with van der Waals surface area (Å²) >= 11 is 0. The first-order valence-electron chi connectivity index (χ1n) is 5.80. The number of para-hydroxylation sites is 1. The lowest BCUT2D eigenvalue weighted by molar-refractivity contribution is -0.139. The number of rotatable bonds is 7. The van der Waals surface area contributed by atoms with E-state index in [9.17, 15) is 4.79 Å². The van der Waals surface area contributed by atoms with E-state index in [1.807, 2.05) is 19.1 Å². The Morgan fingerprint density at radius 2 is 2.11 bits per heavy atom. The van der Waals surface area contributed by atoms with Gasteiger partial charge in [-0.05, 0) is 12.5 Å². The molecule has 1 aromatic rings. The summed E-state index contributed by atoms with van der Waals surface area (Å²) in [7, 11) is 3.14. The second-order valence-corrected chi connectivity index (χ2v) is 3.83. The van der Waals surface area contributed by atoms with E-state index < -0.39 is 12.0 Å². The molecule has 100 valence electrons. The minimum atomic E-state index is -0.848. The largest absolute Gasteiger partial charge is 0.493 e. The molecule has 0 aliphatic carbocycles. The molecular formula is C13H19NO4. The van der Waals surface area contributed by atoms with Crippen molar-refractivity contribution >= 4 is 5.97 Å². The van der Waals surface area contributed by atoms with Gasteiger partial charge >= 0.3 is 5.97 Å². The van der Waals surface area contributed by atoms with Crippen molar-refractivity contribution < 1.29 is 19.4 Å². The van der Waals surface area contributed by atoms with Gasteiger partial charge in [-0.2, -0.15) is 0 Å². The van der Waals surface area contributed by atoms with E-state index in [0.29, 0.717) is 24.5 Å². The third-order valence-electron chi connectivity index (χ3n) is 2.73. The molecule has 0 saturated carbocycles. The molecule has 2 N–H and O–H groups in total. The Labute approximate surface area is 107 Å². The van der Waals surface area contributed by atoms with Crippen LogP contribution in [0, 0.1) is 0 Å². The second-order valence-electron chi connectivity index (χ2n) is 3.83. The Hall–Kier alpha value is -1.75. The highest BCUT2D eigenvalue weighted by Gasteiger charge is 2.16. The minimum Gasteiger partial charge on any atom is -0.493 e. The van der Waals surface area contributed by atoms with Crippen molar-refractivity contribution in [2.75, 3.05) is 14.2 Å². The third kappa shape index (κ3) is 3.37. The second kappa shape index (κ2) is 6.86. The van der Waals surface area contributed by atoms with Gasteiger partial charge in [0.15, 0.2) is 11.5 Å². The molecule has 0 aromatic heterocycles. The summed E-state index contributed by atoms with van der Waals surface area (Å²) in [5, 5.41) is 11.9. The molecule has 1 atom stereocenters. The van der Waals surface area contributed by atoms with Crippen LogP contribution >= 0.6 is 0 Å². The molecule has 0 aliphatic rings. The first kappa shape index (κ1) is 14.3. The van der Waals surface area contributed by atoms with Crippen LogP contribution in [0.5, 0.6) is 11.5 Å². The van der Waals surface area contributed by atoms with Gasteiger partial charge in [-0.1, -0.05) is 19.1 Å². The van der Waals surface area contributed by atoms with Crippen molar-refractivity contribution in [1.82, 2.24) is 5.32 Å². The van der Waals surface area contributed by atoms with E-state index in [0.717, 1.165) is 5.56 Å². The van der Waals surface area contributed by atoms with Crippen molar-refractivity contribution in [3.05, 3.63) is 23.8 Å². The molecule has 1 unspecified atom stereocenters. The minimum absolute atomic E-state index is 0.422. The standard InChI is InChI=1S/C13H19NO4/c1-4-10(13(15)16)14-8-9-6-5-7-11(17-2)12(9)18-3/h5-7,10,14H,4,8H2,1-3H3,(H,15,16). The van der Waals surface area contributed by atoms with Crippen LogP contribution in [-0.4, -0.2) is 31.3 Å². The van der Waals surface area contributed by atoms with Crippen molar-refractivity contribution in [2.24, 2.45) is 0 Å². The molecule has 0 saturated heterocycles. The van der Waals surface area contributed by atoms with Crippen LogP contribution in [0.15, 0.2) is 18.2 Å². The van der Waals surface area contributed by atoms with E-state index in [1.165, 1.54) is 0 Å². The quantitative estimate of drug-likeness (QED) is 0.773. The average molecular weight is 253 g/mol. The number of carbonyl (C=O) groups is 1. The highest BCUT2D eigenvalue weighted by atomic mass is 16.5. The third-order valence-corrected chi connectivity index (χ3v) is 2.73. The molecule has 0 amide bonds. The van der Waals surface area contributed by atoms with Crippen LogP contribution < -0.4 is 14.8 Å². The number of aliphatic carboxylic acids is 1. The zero-order chi connectivity index (χ0) is 13.5. The maximum absolute atomic E-state index is 10.9. The van der Waals surface area contributed by atoms with Crippen LogP contribution in [0.1, 0.15) is 18.9 Å². The molecule has 0 spiro atoms. The average Bonchev–Trinajstić information content (AvgIpc) is 2.38. The number of carboxylic acids is 1. The first-order chi connectivity index (χ1) is 8.63. The van der Waals surface area contributed by atoms with Gasteiger partial charge in [0.1, 0.15) is 6.04 Å². The number of benzene rings is 1.